The Morgan fingerprint density at radius 1 is 0.733 bits per heavy atom. The topological polar surface area (TPSA) is 134 Å². The van der Waals surface area contributed by atoms with Crippen molar-refractivity contribution in [2.45, 2.75) is 58.3 Å². The number of ether oxygens (including phenoxy) is 3. The highest BCUT2D eigenvalue weighted by Crippen LogP contribution is 2.26. The third-order valence-electron chi connectivity index (χ3n) is 7.44. The minimum absolute atomic E-state index is 0.175. The van der Waals surface area contributed by atoms with E-state index in [0.29, 0.717) is 42.3 Å². The van der Waals surface area contributed by atoms with E-state index in [0.717, 1.165) is 72.8 Å². The molecule has 4 rings (SSSR count). The van der Waals surface area contributed by atoms with Gasteiger partial charge in [0.15, 0.2) is 0 Å². The van der Waals surface area contributed by atoms with Crippen LogP contribution in [0, 0.1) is 0 Å². The zero-order valence-electron chi connectivity index (χ0n) is 25.8. The van der Waals surface area contributed by atoms with E-state index in [-0.39, 0.29) is 5.56 Å². The van der Waals surface area contributed by atoms with Gasteiger partial charge in [0.25, 0.3) is 0 Å². The largest absolute Gasteiger partial charge is 0.494 e. The SMILES string of the molecule is CCCCCOc1ccc2cc(OC(=O)/C=C/c3ccc(OCCCCCCc4c(N)cc(N)cc4C(=O)O)cc3)ccc2c1. The Labute approximate surface area is 264 Å². The third-order valence-corrected chi connectivity index (χ3v) is 7.44. The zero-order chi connectivity index (χ0) is 32.0. The number of carbonyl (C=O) groups is 2. The predicted octanol–water partition coefficient (Wildman–Crippen LogP) is 8.07. The van der Waals surface area contributed by atoms with E-state index in [9.17, 15) is 14.7 Å². The van der Waals surface area contributed by atoms with Gasteiger partial charge in [-0.05, 0) is 102 Å². The smallest absolute Gasteiger partial charge is 0.336 e. The molecule has 8 nitrogen and oxygen atoms in total. The van der Waals surface area contributed by atoms with Crippen molar-refractivity contribution in [3.05, 3.63) is 95.6 Å². The molecule has 0 aliphatic heterocycles. The second-order valence-electron chi connectivity index (χ2n) is 11.0. The van der Waals surface area contributed by atoms with E-state index in [4.69, 9.17) is 25.7 Å². The molecule has 0 heterocycles. The molecule has 0 aromatic heterocycles. The number of carboxylic acid groups (broad SMARTS) is 1. The average Bonchev–Trinajstić information content (AvgIpc) is 3.02. The maximum absolute atomic E-state index is 12.4. The van der Waals surface area contributed by atoms with Crippen LogP contribution in [0.25, 0.3) is 16.8 Å². The summed E-state index contributed by atoms with van der Waals surface area (Å²) in [6, 6.07) is 22.0. The summed E-state index contributed by atoms with van der Waals surface area (Å²) in [5.74, 6) is 0.606. The van der Waals surface area contributed by atoms with Crippen LogP contribution < -0.4 is 25.7 Å². The Morgan fingerprint density at radius 3 is 2.07 bits per heavy atom. The number of fused-ring (bicyclic) bond motifs is 1. The maximum Gasteiger partial charge on any atom is 0.336 e. The first-order valence-corrected chi connectivity index (χ1v) is 15.5. The van der Waals surface area contributed by atoms with E-state index in [1.807, 2.05) is 54.6 Å². The number of hydrogen-bond acceptors (Lipinski definition) is 7. The van der Waals surface area contributed by atoms with Crippen LogP contribution in [-0.2, 0) is 11.2 Å². The van der Waals surface area contributed by atoms with Gasteiger partial charge in [-0.3, -0.25) is 0 Å². The number of unbranched alkanes of at least 4 members (excludes halogenated alkanes) is 5. The molecular formula is C37H42N2O6. The molecule has 5 N–H and O–H groups in total. The summed E-state index contributed by atoms with van der Waals surface area (Å²) < 4.78 is 17.2. The van der Waals surface area contributed by atoms with Gasteiger partial charge in [0.2, 0.25) is 0 Å². The zero-order valence-corrected chi connectivity index (χ0v) is 25.8. The Hall–Kier alpha value is -4.98. The summed E-state index contributed by atoms with van der Waals surface area (Å²) in [5.41, 5.74) is 14.2. The summed E-state index contributed by atoms with van der Waals surface area (Å²) in [4.78, 5) is 23.9. The number of esters is 1. The lowest BCUT2D eigenvalue weighted by atomic mass is 9.98. The summed E-state index contributed by atoms with van der Waals surface area (Å²) in [6.45, 7) is 3.45. The standard InChI is InChI=1S/C37H42N2O6/c1-2-3-7-20-44-31-17-13-28-23-32(18-14-27(28)22-31)45-36(40)19-12-26-10-15-30(16-11-26)43-21-8-5-4-6-9-33-34(37(41)42)24-29(38)25-35(33)39/h10-19,22-25H,2-9,20-21,38-39H2,1H3,(H,41,42)/b19-12+. The summed E-state index contributed by atoms with van der Waals surface area (Å²) in [6.07, 6.45) is 10.7. The molecule has 45 heavy (non-hydrogen) atoms. The molecule has 0 unspecified atom stereocenters. The number of rotatable bonds is 17. The van der Waals surface area contributed by atoms with Gasteiger partial charge in [0.1, 0.15) is 17.2 Å². The minimum Gasteiger partial charge on any atom is -0.494 e. The van der Waals surface area contributed by atoms with Gasteiger partial charge in [0.05, 0.1) is 18.8 Å². The van der Waals surface area contributed by atoms with Crippen LogP contribution in [0.4, 0.5) is 11.4 Å². The van der Waals surface area contributed by atoms with Crippen molar-refractivity contribution in [3.63, 3.8) is 0 Å². The number of nitrogen functional groups attached to an aromatic ring is 2. The number of nitrogens with two attached hydrogens (primary N) is 2. The third kappa shape index (κ3) is 10.3. The van der Waals surface area contributed by atoms with Gasteiger partial charge in [-0.2, -0.15) is 0 Å². The van der Waals surface area contributed by atoms with Gasteiger partial charge in [0, 0.05) is 17.5 Å². The molecule has 0 fully saturated rings. The first kappa shape index (κ1) is 32.9. The fourth-order valence-electron chi connectivity index (χ4n) is 5.02. The second-order valence-corrected chi connectivity index (χ2v) is 11.0. The van der Waals surface area contributed by atoms with Crippen LogP contribution in [0.5, 0.6) is 17.2 Å². The van der Waals surface area contributed by atoms with Crippen LogP contribution >= 0.6 is 0 Å². The van der Waals surface area contributed by atoms with Crippen molar-refractivity contribution in [3.8, 4) is 17.2 Å². The highest BCUT2D eigenvalue weighted by Gasteiger charge is 2.14. The molecule has 0 atom stereocenters. The summed E-state index contributed by atoms with van der Waals surface area (Å²) in [5, 5.41) is 11.4. The Morgan fingerprint density at radius 2 is 1.36 bits per heavy atom. The number of aromatic carboxylic acids is 1. The Bertz CT molecular complexity index is 1610. The normalized spacial score (nSPS) is 11.1. The molecule has 0 aliphatic carbocycles. The lowest BCUT2D eigenvalue weighted by molar-refractivity contribution is -0.128. The van der Waals surface area contributed by atoms with E-state index in [2.05, 4.69) is 6.92 Å². The van der Waals surface area contributed by atoms with E-state index in [1.54, 1.807) is 18.2 Å². The molecule has 0 spiro atoms. The molecule has 0 aliphatic rings. The van der Waals surface area contributed by atoms with Gasteiger partial charge in [-0.25, -0.2) is 9.59 Å². The highest BCUT2D eigenvalue weighted by atomic mass is 16.5. The Balaban J connectivity index is 1.15. The van der Waals surface area contributed by atoms with Gasteiger partial charge in [-0.15, -0.1) is 0 Å². The molecular weight excluding hydrogens is 568 g/mol. The van der Waals surface area contributed by atoms with Gasteiger partial charge < -0.3 is 30.8 Å². The molecule has 0 saturated carbocycles. The van der Waals surface area contributed by atoms with Crippen LogP contribution in [-0.4, -0.2) is 30.3 Å². The molecule has 4 aromatic rings. The van der Waals surface area contributed by atoms with Crippen molar-refractivity contribution in [2.24, 2.45) is 0 Å². The summed E-state index contributed by atoms with van der Waals surface area (Å²) >= 11 is 0. The highest BCUT2D eigenvalue weighted by molar-refractivity contribution is 5.93. The number of anilines is 2. The first-order chi connectivity index (χ1) is 21.8. The average molecular weight is 611 g/mol. The molecule has 0 amide bonds. The van der Waals surface area contributed by atoms with E-state index < -0.39 is 11.9 Å². The molecule has 236 valence electrons. The van der Waals surface area contributed by atoms with Crippen molar-refractivity contribution in [2.75, 3.05) is 24.7 Å². The fourth-order valence-corrected chi connectivity index (χ4v) is 5.02. The number of carboxylic acids is 1. The van der Waals surface area contributed by atoms with E-state index >= 15 is 0 Å². The molecule has 0 bridgehead atoms. The van der Waals surface area contributed by atoms with E-state index in [1.165, 1.54) is 12.1 Å². The lowest BCUT2D eigenvalue weighted by Crippen LogP contribution is -2.08. The first-order valence-electron chi connectivity index (χ1n) is 15.5. The number of benzene rings is 4. The summed E-state index contributed by atoms with van der Waals surface area (Å²) in [7, 11) is 0. The minimum atomic E-state index is -1.02. The lowest BCUT2D eigenvalue weighted by Gasteiger charge is -2.11. The van der Waals surface area contributed by atoms with Crippen LogP contribution in [0.2, 0.25) is 0 Å². The van der Waals surface area contributed by atoms with Crippen LogP contribution in [0.1, 0.15) is 73.4 Å². The van der Waals surface area contributed by atoms with Crippen LogP contribution in [0.3, 0.4) is 0 Å². The van der Waals surface area contributed by atoms with Crippen LogP contribution in [0.15, 0.2) is 78.9 Å². The maximum atomic E-state index is 12.4. The monoisotopic (exact) mass is 610 g/mol. The van der Waals surface area contributed by atoms with Crippen molar-refractivity contribution >= 4 is 40.2 Å². The number of hydrogen-bond donors (Lipinski definition) is 3. The molecule has 0 saturated heterocycles. The van der Waals surface area contributed by atoms with Crippen molar-refractivity contribution in [1.82, 2.24) is 0 Å². The second kappa shape index (κ2) is 16.8. The fraction of sp³-hybridized carbons (Fsp3) is 0.297. The molecule has 8 heteroatoms. The molecule has 0 radical (unpaired) electrons. The van der Waals surface area contributed by atoms with Gasteiger partial charge in [-0.1, -0.05) is 56.9 Å². The Kier molecular flexibility index (Phi) is 12.3. The van der Waals surface area contributed by atoms with Gasteiger partial charge >= 0.3 is 11.9 Å². The van der Waals surface area contributed by atoms with Crippen molar-refractivity contribution in [1.29, 1.82) is 0 Å². The number of carbonyl (C=O) groups excluding carboxylic acids is 1. The quantitative estimate of drug-likeness (QED) is 0.0359. The van der Waals surface area contributed by atoms with Crippen molar-refractivity contribution < 1.29 is 28.9 Å². The predicted molar refractivity (Wildman–Crippen MR) is 180 cm³/mol. The molecule has 4 aromatic carbocycles.